The van der Waals surface area contributed by atoms with Crippen molar-refractivity contribution in [3.05, 3.63) is 59.9 Å². The van der Waals surface area contributed by atoms with Crippen LogP contribution in [0.3, 0.4) is 0 Å². The number of amides is 2. The van der Waals surface area contributed by atoms with Gasteiger partial charge in [0.2, 0.25) is 5.88 Å². The number of pyridine rings is 2. The van der Waals surface area contributed by atoms with Gasteiger partial charge in [-0.25, -0.2) is 9.78 Å². The van der Waals surface area contributed by atoms with E-state index in [2.05, 4.69) is 15.3 Å². The molecular formula is C19H17ClN4O2. The van der Waals surface area contributed by atoms with E-state index in [-0.39, 0.29) is 6.03 Å². The zero-order valence-electron chi connectivity index (χ0n) is 13.9. The molecule has 1 aliphatic heterocycles. The van der Waals surface area contributed by atoms with Gasteiger partial charge < -0.3 is 15.0 Å². The highest BCUT2D eigenvalue weighted by atomic mass is 35.5. The minimum Gasteiger partial charge on any atom is -0.477 e. The zero-order chi connectivity index (χ0) is 17.9. The number of benzene rings is 1. The van der Waals surface area contributed by atoms with Crippen LogP contribution in [0.4, 0.5) is 10.5 Å². The van der Waals surface area contributed by atoms with Crippen molar-refractivity contribution in [2.24, 2.45) is 5.92 Å². The number of aromatic nitrogens is 2. The number of hydrogen-bond acceptors (Lipinski definition) is 4. The number of likely N-dealkylation sites (tertiary alicyclic amines) is 1. The zero-order valence-corrected chi connectivity index (χ0v) is 14.7. The average Bonchev–Trinajstić information content (AvgIpc) is 2.62. The third-order valence-corrected chi connectivity index (χ3v) is 4.57. The van der Waals surface area contributed by atoms with Gasteiger partial charge in [0.05, 0.1) is 29.0 Å². The first-order valence-corrected chi connectivity index (χ1v) is 8.71. The number of nitrogens with zero attached hydrogens (tertiary/aromatic N) is 3. The summed E-state index contributed by atoms with van der Waals surface area (Å²) in [4.78, 5) is 22.3. The summed E-state index contributed by atoms with van der Waals surface area (Å²) in [5.74, 6) is 0.835. The second-order valence-corrected chi connectivity index (χ2v) is 6.62. The lowest BCUT2D eigenvalue weighted by Gasteiger charge is -2.38. The van der Waals surface area contributed by atoms with Crippen LogP contribution < -0.4 is 10.1 Å². The van der Waals surface area contributed by atoms with Crippen LogP contribution in [0.25, 0.3) is 10.9 Å². The summed E-state index contributed by atoms with van der Waals surface area (Å²) in [5, 5.41) is 4.41. The highest BCUT2D eigenvalue weighted by Gasteiger charge is 2.31. The molecule has 26 heavy (non-hydrogen) atoms. The fourth-order valence-corrected chi connectivity index (χ4v) is 3.08. The Morgan fingerprint density at radius 2 is 2.12 bits per heavy atom. The Morgan fingerprint density at radius 1 is 1.23 bits per heavy atom. The third-order valence-electron chi connectivity index (χ3n) is 4.27. The SMILES string of the molecule is O=C(Nc1cccnc1)N1CC(COc2ccc3cccc(Cl)c3n2)C1. The number of nitrogens with one attached hydrogen (secondary N) is 1. The van der Waals surface area contributed by atoms with Gasteiger partial charge in [-0.1, -0.05) is 23.7 Å². The maximum absolute atomic E-state index is 12.1. The van der Waals surface area contributed by atoms with Crippen molar-refractivity contribution in [2.75, 3.05) is 25.0 Å². The molecule has 1 aromatic carbocycles. The number of rotatable bonds is 4. The van der Waals surface area contributed by atoms with Crippen LogP contribution in [0.2, 0.25) is 5.02 Å². The van der Waals surface area contributed by atoms with Crippen LogP contribution in [0.1, 0.15) is 0 Å². The molecular weight excluding hydrogens is 352 g/mol. The van der Waals surface area contributed by atoms with Gasteiger partial charge in [0.15, 0.2) is 0 Å². The van der Waals surface area contributed by atoms with Gasteiger partial charge in [-0.2, -0.15) is 0 Å². The molecule has 1 aliphatic rings. The Balaban J connectivity index is 1.28. The first kappa shape index (κ1) is 16.6. The number of fused-ring (bicyclic) bond motifs is 1. The molecule has 6 nitrogen and oxygen atoms in total. The molecule has 0 spiro atoms. The highest BCUT2D eigenvalue weighted by Crippen LogP contribution is 2.25. The Labute approximate surface area is 155 Å². The van der Waals surface area contributed by atoms with Crippen molar-refractivity contribution in [1.29, 1.82) is 0 Å². The summed E-state index contributed by atoms with van der Waals surface area (Å²) >= 11 is 6.18. The van der Waals surface area contributed by atoms with Crippen LogP contribution in [-0.2, 0) is 0 Å². The van der Waals surface area contributed by atoms with Gasteiger partial charge in [0, 0.05) is 36.7 Å². The Hall–Kier alpha value is -2.86. The van der Waals surface area contributed by atoms with Crippen molar-refractivity contribution in [3.63, 3.8) is 0 Å². The van der Waals surface area contributed by atoms with Crippen molar-refractivity contribution in [2.45, 2.75) is 0 Å². The number of carbonyl (C=O) groups excluding carboxylic acids is 1. The smallest absolute Gasteiger partial charge is 0.321 e. The van der Waals surface area contributed by atoms with E-state index < -0.39 is 0 Å². The predicted octanol–water partition coefficient (Wildman–Crippen LogP) is 3.83. The largest absolute Gasteiger partial charge is 0.477 e. The molecule has 1 fully saturated rings. The molecule has 0 bridgehead atoms. The maximum atomic E-state index is 12.1. The molecule has 1 N–H and O–H groups in total. The molecule has 0 radical (unpaired) electrons. The summed E-state index contributed by atoms with van der Waals surface area (Å²) in [6.45, 7) is 1.82. The van der Waals surface area contributed by atoms with E-state index in [1.54, 1.807) is 23.4 Å². The van der Waals surface area contributed by atoms with Crippen molar-refractivity contribution < 1.29 is 9.53 Å². The lowest BCUT2D eigenvalue weighted by atomic mass is 10.0. The normalized spacial score (nSPS) is 14.1. The first-order valence-electron chi connectivity index (χ1n) is 8.33. The van der Waals surface area contributed by atoms with E-state index in [1.165, 1.54) is 0 Å². The number of para-hydroxylation sites is 1. The molecule has 3 heterocycles. The fraction of sp³-hybridized carbons (Fsp3) is 0.211. The van der Waals surface area contributed by atoms with Gasteiger partial charge in [0.1, 0.15) is 0 Å². The van der Waals surface area contributed by atoms with Crippen LogP contribution in [0, 0.1) is 5.92 Å². The summed E-state index contributed by atoms with van der Waals surface area (Å²) in [5.41, 5.74) is 1.42. The Kier molecular flexibility index (Phi) is 4.58. The van der Waals surface area contributed by atoms with E-state index >= 15 is 0 Å². The summed E-state index contributed by atoms with van der Waals surface area (Å²) in [6.07, 6.45) is 3.29. The minimum absolute atomic E-state index is 0.120. The second kappa shape index (κ2) is 7.17. The van der Waals surface area contributed by atoms with Crippen LogP contribution >= 0.6 is 11.6 Å². The van der Waals surface area contributed by atoms with Gasteiger partial charge in [-0.05, 0) is 24.3 Å². The number of ether oxygens (including phenoxy) is 1. The minimum atomic E-state index is -0.120. The van der Waals surface area contributed by atoms with Crippen LogP contribution in [-0.4, -0.2) is 40.6 Å². The third kappa shape index (κ3) is 3.55. The van der Waals surface area contributed by atoms with Gasteiger partial charge in [-0.3, -0.25) is 4.98 Å². The first-order chi connectivity index (χ1) is 12.7. The standard InChI is InChI=1S/C19H17ClN4O2/c20-16-5-1-3-14-6-7-17(23-18(14)16)26-12-13-10-24(11-13)19(25)22-15-4-2-8-21-9-15/h1-9,13H,10-12H2,(H,22,25). The molecule has 0 aliphatic carbocycles. The summed E-state index contributed by atoms with van der Waals surface area (Å²) in [6, 6.07) is 12.9. The molecule has 3 aromatic rings. The molecule has 7 heteroatoms. The number of halogens is 1. The summed E-state index contributed by atoms with van der Waals surface area (Å²) < 4.78 is 5.78. The number of urea groups is 1. The Morgan fingerprint density at radius 3 is 2.92 bits per heavy atom. The fourth-order valence-electron chi connectivity index (χ4n) is 2.86. The van der Waals surface area contributed by atoms with Crippen molar-refractivity contribution in [1.82, 2.24) is 14.9 Å². The number of hydrogen-bond donors (Lipinski definition) is 1. The second-order valence-electron chi connectivity index (χ2n) is 6.21. The molecule has 0 unspecified atom stereocenters. The number of anilines is 1. The maximum Gasteiger partial charge on any atom is 0.321 e. The van der Waals surface area contributed by atoms with Crippen LogP contribution in [0.15, 0.2) is 54.9 Å². The molecule has 132 valence electrons. The van der Waals surface area contributed by atoms with E-state index in [1.807, 2.05) is 36.4 Å². The highest BCUT2D eigenvalue weighted by molar-refractivity contribution is 6.35. The van der Waals surface area contributed by atoms with Gasteiger partial charge in [0.25, 0.3) is 0 Å². The lowest BCUT2D eigenvalue weighted by molar-refractivity contribution is 0.0909. The average molecular weight is 369 g/mol. The molecule has 0 saturated carbocycles. The lowest BCUT2D eigenvalue weighted by Crippen LogP contribution is -2.53. The van der Waals surface area contributed by atoms with Crippen LogP contribution in [0.5, 0.6) is 5.88 Å². The summed E-state index contributed by atoms with van der Waals surface area (Å²) in [7, 11) is 0. The number of carbonyl (C=O) groups is 1. The Bertz CT molecular complexity index is 929. The predicted molar refractivity (Wildman–Crippen MR) is 101 cm³/mol. The van der Waals surface area contributed by atoms with E-state index in [9.17, 15) is 4.79 Å². The molecule has 4 rings (SSSR count). The van der Waals surface area contributed by atoms with Gasteiger partial charge >= 0.3 is 6.03 Å². The van der Waals surface area contributed by atoms with E-state index in [0.717, 1.165) is 10.9 Å². The van der Waals surface area contributed by atoms with Crippen molar-refractivity contribution >= 4 is 34.2 Å². The van der Waals surface area contributed by atoms with Crippen molar-refractivity contribution in [3.8, 4) is 5.88 Å². The monoisotopic (exact) mass is 368 g/mol. The quantitative estimate of drug-likeness (QED) is 0.760. The van der Waals surface area contributed by atoms with E-state index in [0.29, 0.717) is 42.2 Å². The molecule has 2 aromatic heterocycles. The molecule has 1 saturated heterocycles. The molecule has 0 atom stereocenters. The van der Waals surface area contributed by atoms with Gasteiger partial charge in [-0.15, -0.1) is 0 Å². The van der Waals surface area contributed by atoms with E-state index in [4.69, 9.17) is 16.3 Å². The topological polar surface area (TPSA) is 67.4 Å². The molecule has 2 amide bonds.